The van der Waals surface area contributed by atoms with Gasteiger partial charge in [0.2, 0.25) is 0 Å². The van der Waals surface area contributed by atoms with Crippen molar-refractivity contribution in [2.45, 2.75) is 0 Å². The molecule has 244 valence electrons. The number of nitrogens with zero attached hydrogens (tertiary/aromatic N) is 4. The zero-order chi connectivity index (χ0) is 34.4. The van der Waals surface area contributed by atoms with Crippen molar-refractivity contribution in [2.75, 3.05) is 0 Å². The highest BCUT2D eigenvalue weighted by molar-refractivity contribution is 7.26. The lowest BCUT2D eigenvalue weighted by Crippen LogP contribution is -2.00. The Morgan fingerprint density at radius 2 is 0.904 bits per heavy atom. The molecule has 0 fully saturated rings. The zero-order valence-electron chi connectivity index (χ0n) is 27.8. The van der Waals surface area contributed by atoms with Gasteiger partial charge in [0, 0.05) is 42.4 Å². The quantitative estimate of drug-likeness (QED) is 0.173. The molecule has 0 N–H and O–H groups in total. The average molecular weight is 701 g/mol. The number of hydrogen-bond acceptors (Lipinski definition) is 6. The Morgan fingerprint density at radius 3 is 1.69 bits per heavy atom. The molecule has 3 heterocycles. The van der Waals surface area contributed by atoms with Crippen LogP contribution in [-0.4, -0.2) is 19.9 Å². The predicted octanol–water partition coefficient (Wildman–Crippen LogP) is 12.9. The van der Waals surface area contributed by atoms with E-state index in [0.717, 1.165) is 43.7 Å². The number of fused-ring (bicyclic) bond motifs is 4. The van der Waals surface area contributed by atoms with Crippen LogP contribution in [-0.2, 0) is 0 Å². The van der Waals surface area contributed by atoms with Crippen LogP contribution in [0.4, 0.5) is 0 Å². The molecule has 6 heteroatoms. The van der Waals surface area contributed by atoms with Crippen LogP contribution in [0.15, 0.2) is 170 Å². The summed E-state index contributed by atoms with van der Waals surface area (Å²) in [5.41, 5.74) is 9.74. The molecule has 0 unspecified atom stereocenters. The van der Waals surface area contributed by atoms with Crippen LogP contribution in [0.1, 0.15) is 0 Å². The van der Waals surface area contributed by atoms with Crippen molar-refractivity contribution in [1.82, 2.24) is 19.9 Å². The molecule has 0 aliphatic carbocycles. The van der Waals surface area contributed by atoms with Gasteiger partial charge < -0.3 is 0 Å². The molecule has 0 atom stereocenters. The minimum absolute atomic E-state index is 0.646. The fourth-order valence-corrected chi connectivity index (χ4v) is 9.09. The highest BCUT2D eigenvalue weighted by atomic mass is 32.1. The summed E-state index contributed by atoms with van der Waals surface area (Å²) < 4.78 is 3.63. The summed E-state index contributed by atoms with van der Waals surface area (Å²) >= 11 is 3.55. The van der Waals surface area contributed by atoms with Crippen molar-refractivity contribution in [3.63, 3.8) is 0 Å². The first-order chi connectivity index (χ1) is 25.7. The van der Waals surface area contributed by atoms with E-state index in [-0.39, 0.29) is 0 Å². The van der Waals surface area contributed by atoms with E-state index < -0.39 is 0 Å². The van der Waals surface area contributed by atoms with Crippen LogP contribution in [0.3, 0.4) is 0 Å². The van der Waals surface area contributed by atoms with Gasteiger partial charge in [-0.2, -0.15) is 0 Å². The van der Waals surface area contributed by atoms with Crippen molar-refractivity contribution >= 4 is 53.1 Å². The number of benzene rings is 7. The van der Waals surface area contributed by atoms with Gasteiger partial charge >= 0.3 is 0 Å². The zero-order valence-corrected chi connectivity index (χ0v) is 29.4. The summed E-state index contributed by atoms with van der Waals surface area (Å²) in [6.07, 6.45) is 0. The Hall–Kier alpha value is -6.34. The second kappa shape index (κ2) is 12.8. The first-order valence-electron chi connectivity index (χ1n) is 17.1. The molecular formula is C46H28N4S2. The summed E-state index contributed by atoms with van der Waals surface area (Å²) in [5, 5.41) is 3.37. The Labute approximate surface area is 308 Å². The first kappa shape index (κ1) is 30.5. The lowest BCUT2D eigenvalue weighted by Gasteiger charge is -2.10. The maximum absolute atomic E-state index is 5.16. The minimum Gasteiger partial charge on any atom is -0.236 e. The van der Waals surface area contributed by atoms with E-state index in [0.29, 0.717) is 17.5 Å². The molecule has 0 aliphatic heterocycles. The molecule has 52 heavy (non-hydrogen) atoms. The van der Waals surface area contributed by atoms with Crippen molar-refractivity contribution in [2.24, 2.45) is 0 Å². The SMILES string of the molecule is c1ccc(-c2ccc(-c3nc(-c4ccccc4)nc(-c4cccc5sc6c(-c7cccc(-c8nc9ccccc9s8)c7)cccc6c45)n3)cc2)cc1. The third-order valence-corrected chi connectivity index (χ3v) is 11.7. The number of aromatic nitrogens is 4. The number of thiazole rings is 1. The van der Waals surface area contributed by atoms with Crippen LogP contribution in [0, 0.1) is 0 Å². The van der Waals surface area contributed by atoms with Gasteiger partial charge in [-0.1, -0.05) is 146 Å². The van der Waals surface area contributed by atoms with Crippen molar-refractivity contribution in [3.05, 3.63) is 170 Å². The Kier molecular flexibility index (Phi) is 7.48. The van der Waals surface area contributed by atoms with Crippen LogP contribution < -0.4 is 0 Å². The van der Waals surface area contributed by atoms with E-state index >= 15 is 0 Å². The van der Waals surface area contributed by atoms with Crippen molar-refractivity contribution in [1.29, 1.82) is 0 Å². The fraction of sp³-hybridized carbons (Fsp3) is 0. The normalized spacial score (nSPS) is 11.5. The van der Waals surface area contributed by atoms with E-state index in [1.165, 1.54) is 36.2 Å². The van der Waals surface area contributed by atoms with Gasteiger partial charge in [0.25, 0.3) is 0 Å². The molecule has 10 rings (SSSR count). The highest BCUT2D eigenvalue weighted by Gasteiger charge is 2.19. The molecule has 0 aliphatic rings. The molecule has 0 amide bonds. The fourth-order valence-electron chi connectivity index (χ4n) is 6.86. The average Bonchev–Trinajstić information content (AvgIpc) is 3.84. The minimum atomic E-state index is 0.646. The lowest BCUT2D eigenvalue weighted by molar-refractivity contribution is 1.08. The molecule has 4 nitrogen and oxygen atoms in total. The van der Waals surface area contributed by atoms with Gasteiger partial charge in [-0.05, 0) is 46.5 Å². The topological polar surface area (TPSA) is 51.6 Å². The molecule has 0 radical (unpaired) electrons. The summed E-state index contributed by atoms with van der Waals surface area (Å²) in [4.78, 5) is 20.2. The number of rotatable bonds is 6. The van der Waals surface area contributed by atoms with E-state index in [1.54, 1.807) is 11.3 Å². The van der Waals surface area contributed by atoms with Crippen molar-refractivity contribution < 1.29 is 0 Å². The molecule has 0 saturated heterocycles. The molecule has 3 aromatic heterocycles. The molecule has 7 aromatic carbocycles. The van der Waals surface area contributed by atoms with Crippen LogP contribution in [0.2, 0.25) is 0 Å². The van der Waals surface area contributed by atoms with Gasteiger partial charge in [0.05, 0.1) is 10.2 Å². The molecule has 0 spiro atoms. The summed E-state index contributed by atoms with van der Waals surface area (Å²) in [6, 6.07) is 59.2. The van der Waals surface area contributed by atoms with Crippen LogP contribution >= 0.6 is 22.7 Å². The summed E-state index contributed by atoms with van der Waals surface area (Å²) in [5.74, 6) is 1.95. The third kappa shape index (κ3) is 5.46. The van der Waals surface area contributed by atoms with E-state index in [4.69, 9.17) is 19.9 Å². The smallest absolute Gasteiger partial charge is 0.164 e. The molecular weight excluding hydrogens is 673 g/mol. The lowest BCUT2D eigenvalue weighted by atomic mass is 9.99. The standard InChI is InChI=1S/C46H28N4S2/c1-3-12-29(13-4-1)30-24-26-32(27-25-30)44-48-43(31-14-5-2-6-15-31)49-45(50-44)37-20-11-23-40-41(37)36-19-10-18-35(42(36)51-40)33-16-9-17-34(28-33)46-47-38-21-7-8-22-39(38)52-46/h1-28H. The largest absolute Gasteiger partial charge is 0.236 e. The third-order valence-electron chi connectivity index (χ3n) is 9.40. The van der Waals surface area contributed by atoms with Crippen molar-refractivity contribution in [3.8, 4) is 67.0 Å². The van der Waals surface area contributed by atoms with Crippen LogP contribution in [0.25, 0.3) is 97.4 Å². The Balaban J connectivity index is 1.11. The van der Waals surface area contributed by atoms with E-state index in [2.05, 4.69) is 140 Å². The van der Waals surface area contributed by atoms with Gasteiger partial charge in [-0.3, -0.25) is 0 Å². The van der Waals surface area contributed by atoms with Gasteiger partial charge in [0.15, 0.2) is 17.5 Å². The molecule has 0 saturated carbocycles. The maximum Gasteiger partial charge on any atom is 0.164 e. The first-order valence-corrected chi connectivity index (χ1v) is 18.8. The van der Waals surface area contributed by atoms with Gasteiger partial charge in [0.1, 0.15) is 5.01 Å². The second-order valence-electron chi connectivity index (χ2n) is 12.6. The van der Waals surface area contributed by atoms with Crippen LogP contribution in [0.5, 0.6) is 0 Å². The molecule has 10 aromatic rings. The van der Waals surface area contributed by atoms with E-state index in [9.17, 15) is 0 Å². The summed E-state index contributed by atoms with van der Waals surface area (Å²) in [7, 11) is 0. The number of hydrogen-bond donors (Lipinski definition) is 0. The van der Waals surface area contributed by atoms with Gasteiger partial charge in [-0.25, -0.2) is 19.9 Å². The highest BCUT2D eigenvalue weighted by Crippen LogP contribution is 2.44. The Morgan fingerprint density at radius 1 is 0.346 bits per heavy atom. The number of thiophene rings is 1. The van der Waals surface area contributed by atoms with Gasteiger partial charge in [-0.15, -0.1) is 22.7 Å². The Bertz CT molecular complexity index is 2860. The number of para-hydroxylation sites is 1. The predicted molar refractivity (Wildman–Crippen MR) is 219 cm³/mol. The second-order valence-corrected chi connectivity index (χ2v) is 14.7. The molecule has 0 bridgehead atoms. The maximum atomic E-state index is 5.16. The van der Waals surface area contributed by atoms with E-state index in [1.807, 2.05) is 41.7 Å². The monoisotopic (exact) mass is 700 g/mol. The summed E-state index contributed by atoms with van der Waals surface area (Å²) in [6.45, 7) is 0.